The van der Waals surface area contributed by atoms with Crippen molar-refractivity contribution in [2.24, 2.45) is 0 Å². The molecule has 1 aliphatic heterocycles. The number of nitrogens with zero attached hydrogens (tertiary/aromatic N) is 1. The van der Waals surface area contributed by atoms with Crippen molar-refractivity contribution in [3.05, 3.63) is 53.6 Å². The quantitative estimate of drug-likeness (QED) is 0.863. The average Bonchev–Trinajstić information content (AvgIpc) is 2.60. The van der Waals surface area contributed by atoms with E-state index in [1.807, 2.05) is 0 Å². The molecule has 0 spiro atoms. The van der Waals surface area contributed by atoms with Crippen LogP contribution in [0, 0.1) is 6.92 Å². The van der Waals surface area contributed by atoms with Crippen molar-refractivity contribution < 1.29 is 0 Å². The van der Waals surface area contributed by atoms with Crippen LogP contribution in [0.5, 0.6) is 0 Å². The standard InChI is InChI=1S/C18H22N2/c1-13-6-5-7-14(10-13)19-15-8-9-17-16(11-15)18(2,3)12-20(17)4/h5-11,19H,12H2,1-4H3. The first kappa shape index (κ1) is 13.0. The van der Waals surface area contributed by atoms with E-state index in [2.05, 4.69) is 80.5 Å². The van der Waals surface area contributed by atoms with Gasteiger partial charge in [0.15, 0.2) is 0 Å². The van der Waals surface area contributed by atoms with Crippen molar-refractivity contribution in [2.45, 2.75) is 26.2 Å². The second kappa shape index (κ2) is 4.55. The molecule has 1 aliphatic rings. The van der Waals surface area contributed by atoms with Gasteiger partial charge in [0.1, 0.15) is 0 Å². The van der Waals surface area contributed by atoms with E-state index >= 15 is 0 Å². The highest BCUT2D eigenvalue weighted by molar-refractivity contribution is 5.70. The molecule has 3 rings (SSSR count). The molecular formula is C18H22N2. The average molecular weight is 266 g/mol. The highest BCUT2D eigenvalue weighted by atomic mass is 15.1. The van der Waals surface area contributed by atoms with Gasteiger partial charge < -0.3 is 10.2 Å². The number of fused-ring (bicyclic) bond motifs is 1. The topological polar surface area (TPSA) is 15.3 Å². The molecule has 1 N–H and O–H groups in total. The first-order valence-corrected chi connectivity index (χ1v) is 7.15. The van der Waals surface area contributed by atoms with Gasteiger partial charge in [-0.15, -0.1) is 0 Å². The fourth-order valence-electron chi connectivity index (χ4n) is 3.14. The van der Waals surface area contributed by atoms with E-state index in [0.717, 1.165) is 17.9 Å². The molecule has 2 nitrogen and oxygen atoms in total. The largest absolute Gasteiger partial charge is 0.373 e. The number of rotatable bonds is 2. The van der Waals surface area contributed by atoms with Gasteiger partial charge in [-0.3, -0.25) is 0 Å². The maximum atomic E-state index is 3.51. The van der Waals surface area contributed by atoms with E-state index in [1.165, 1.54) is 16.8 Å². The predicted molar refractivity (Wildman–Crippen MR) is 87.2 cm³/mol. The number of hydrogen-bond donors (Lipinski definition) is 1. The first-order chi connectivity index (χ1) is 9.45. The molecule has 0 radical (unpaired) electrons. The zero-order chi connectivity index (χ0) is 14.3. The van der Waals surface area contributed by atoms with E-state index in [4.69, 9.17) is 0 Å². The van der Waals surface area contributed by atoms with Crippen LogP contribution in [0.15, 0.2) is 42.5 Å². The van der Waals surface area contributed by atoms with Gasteiger partial charge in [-0.1, -0.05) is 26.0 Å². The molecule has 0 unspecified atom stereocenters. The fourth-order valence-corrected chi connectivity index (χ4v) is 3.14. The van der Waals surface area contributed by atoms with Gasteiger partial charge in [-0.05, 0) is 48.4 Å². The smallest absolute Gasteiger partial charge is 0.0404 e. The van der Waals surface area contributed by atoms with E-state index in [0.29, 0.717) is 0 Å². The number of nitrogens with one attached hydrogen (secondary N) is 1. The SMILES string of the molecule is Cc1cccc(Nc2ccc3c(c2)C(C)(C)CN3C)c1. The van der Waals surface area contributed by atoms with E-state index in [-0.39, 0.29) is 5.41 Å². The minimum absolute atomic E-state index is 0.217. The lowest BCUT2D eigenvalue weighted by Gasteiger charge is -2.19. The lowest BCUT2D eigenvalue weighted by atomic mass is 9.87. The molecule has 2 aromatic carbocycles. The predicted octanol–water partition coefficient (Wildman–Crippen LogP) is 4.47. The summed E-state index contributed by atoms with van der Waals surface area (Å²) < 4.78 is 0. The van der Waals surface area contributed by atoms with Gasteiger partial charge >= 0.3 is 0 Å². The van der Waals surface area contributed by atoms with Gasteiger partial charge in [-0.2, -0.15) is 0 Å². The van der Waals surface area contributed by atoms with Crippen LogP contribution in [0.4, 0.5) is 17.1 Å². The van der Waals surface area contributed by atoms with Crippen LogP contribution in [0.25, 0.3) is 0 Å². The molecule has 2 aromatic rings. The summed E-state index contributed by atoms with van der Waals surface area (Å²) in [5.41, 5.74) is 6.58. The number of aryl methyl sites for hydroxylation is 1. The summed E-state index contributed by atoms with van der Waals surface area (Å²) in [5, 5.41) is 3.51. The van der Waals surface area contributed by atoms with Crippen LogP contribution < -0.4 is 10.2 Å². The zero-order valence-electron chi connectivity index (χ0n) is 12.7. The molecule has 104 valence electrons. The van der Waals surface area contributed by atoms with Crippen LogP contribution in [0.3, 0.4) is 0 Å². The van der Waals surface area contributed by atoms with E-state index in [1.54, 1.807) is 0 Å². The van der Waals surface area contributed by atoms with Gasteiger partial charge in [0, 0.05) is 36.1 Å². The van der Waals surface area contributed by atoms with Gasteiger partial charge in [0.2, 0.25) is 0 Å². The maximum absolute atomic E-state index is 3.51. The lowest BCUT2D eigenvalue weighted by molar-refractivity contribution is 0.563. The minimum Gasteiger partial charge on any atom is -0.373 e. The Morgan fingerprint density at radius 1 is 1.05 bits per heavy atom. The fraction of sp³-hybridized carbons (Fsp3) is 0.333. The van der Waals surface area contributed by atoms with Crippen molar-refractivity contribution in [1.82, 2.24) is 0 Å². The van der Waals surface area contributed by atoms with Crippen LogP contribution >= 0.6 is 0 Å². The molecule has 1 heterocycles. The van der Waals surface area contributed by atoms with E-state index < -0.39 is 0 Å². The minimum atomic E-state index is 0.217. The summed E-state index contributed by atoms with van der Waals surface area (Å²) in [6.07, 6.45) is 0. The number of benzene rings is 2. The Bertz CT molecular complexity index is 644. The van der Waals surface area contributed by atoms with Crippen LogP contribution in [0.1, 0.15) is 25.0 Å². The summed E-state index contributed by atoms with van der Waals surface area (Å²) in [6.45, 7) is 7.82. The molecule has 0 atom stereocenters. The van der Waals surface area contributed by atoms with Crippen LogP contribution in [0.2, 0.25) is 0 Å². The van der Waals surface area contributed by atoms with Crippen molar-refractivity contribution in [2.75, 3.05) is 23.8 Å². The van der Waals surface area contributed by atoms with Crippen molar-refractivity contribution in [3.63, 3.8) is 0 Å². The third-order valence-electron chi connectivity index (χ3n) is 4.08. The molecule has 0 bridgehead atoms. The van der Waals surface area contributed by atoms with Crippen LogP contribution in [-0.4, -0.2) is 13.6 Å². The Labute approximate surface area is 121 Å². The third kappa shape index (κ3) is 2.26. The summed E-state index contributed by atoms with van der Waals surface area (Å²) in [7, 11) is 2.17. The molecule has 0 fully saturated rings. The molecule has 0 saturated heterocycles. The molecular weight excluding hydrogens is 244 g/mol. The Morgan fingerprint density at radius 3 is 2.55 bits per heavy atom. The highest BCUT2D eigenvalue weighted by Gasteiger charge is 2.33. The molecule has 2 heteroatoms. The Hall–Kier alpha value is -1.96. The van der Waals surface area contributed by atoms with Crippen LogP contribution in [-0.2, 0) is 5.41 Å². The highest BCUT2D eigenvalue weighted by Crippen LogP contribution is 2.41. The monoisotopic (exact) mass is 266 g/mol. The first-order valence-electron chi connectivity index (χ1n) is 7.15. The van der Waals surface area contributed by atoms with Gasteiger partial charge in [0.25, 0.3) is 0 Å². The zero-order valence-corrected chi connectivity index (χ0v) is 12.7. The Morgan fingerprint density at radius 2 is 1.80 bits per heavy atom. The molecule has 20 heavy (non-hydrogen) atoms. The molecule has 0 aromatic heterocycles. The molecule has 0 amide bonds. The lowest BCUT2D eigenvalue weighted by Crippen LogP contribution is -2.24. The van der Waals surface area contributed by atoms with Crippen molar-refractivity contribution in [3.8, 4) is 0 Å². The number of likely N-dealkylation sites (N-methyl/N-ethyl adjacent to an activating group) is 1. The summed E-state index contributed by atoms with van der Waals surface area (Å²) in [5.74, 6) is 0. The Kier molecular flexibility index (Phi) is 2.97. The van der Waals surface area contributed by atoms with Gasteiger partial charge in [-0.25, -0.2) is 0 Å². The number of anilines is 3. The second-order valence-electron chi connectivity index (χ2n) is 6.47. The normalized spacial score (nSPS) is 16.1. The molecule has 0 aliphatic carbocycles. The summed E-state index contributed by atoms with van der Waals surface area (Å²) >= 11 is 0. The maximum Gasteiger partial charge on any atom is 0.0404 e. The van der Waals surface area contributed by atoms with Crippen molar-refractivity contribution in [1.29, 1.82) is 0 Å². The number of hydrogen-bond acceptors (Lipinski definition) is 2. The third-order valence-corrected chi connectivity index (χ3v) is 4.08. The molecule has 0 saturated carbocycles. The summed E-state index contributed by atoms with van der Waals surface area (Å²) in [6, 6.07) is 15.2. The van der Waals surface area contributed by atoms with E-state index in [9.17, 15) is 0 Å². The van der Waals surface area contributed by atoms with Crippen molar-refractivity contribution >= 4 is 17.1 Å². The Balaban J connectivity index is 1.94. The summed E-state index contributed by atoms with van der Waals surface area (Å²) in [4.78, 5) is 2.34. The second-order valence-corrected chi connectivity index (χ2v) is 6.47. The van der Waals surface area contributed by atoms with Gasteiger partial charge in [0.05, 0.1) is 0 Å².